The van der Waals surface area contributed by atoms with E-state index in [0.29, 0.717) is 0 Å². The first-order valence-electron chi connectivity index (χ1n) is 7.01. The molecule has 0 unspecified atom stereocenters. The summed E-state index contributed by atoms with van der Waals surface area (Å²) in [6.45, 7) is 0. The Morgan fingerprint density at radius 3 is 2.56 bits per heavy atom. The van der Waals surface area contributed by atoms with Gasteiger partial charge >= 0.3 is 5.97 Å². The zero-order valence-electron chi connectivity index (χ0n) is 13.2. The number of carboxylic acids is 1. The predicted molar refractivity (Wildman–Crippen MR) is 63.1 cm³/mol. The van der Waals surface area contributed by atoms with Crippen molar-refractivity contribution in [2.24, 2.45) is 0 Å². The molecule has 0 bridgehead atoms. The molecule has 80 valence electrons. The standard InChI is InChI=1S/C13H11NO2/c15-13(16)11-8-4-5-9-12(11)14-10-6-2-1-3-7-10/h1-9,14H,(H,15,16)/i1D,2D,3D,6D,7D. The third-order valence-electron chi connectivity index (χ3n) is 1.92. The molecule has 2 rings (SSSR count). The molecule has 0 aliphatic carbocycles. The molecule has 0 aromatic heterocycles. The van der Waals surface area contributed by atoms with Crippen molar-refractivity contribution in [3.63, 3.8) is 0 Å². The highest BCUT2D eigenvalue weighted by atomic mass is 16.4. The fourth-order valence-corrected chi connectivity index (χ4v) is 1.23. The highest BCUT2D eigenvalue weighted by molar-refractivity contribution is 5.95. The highest BCUT2D eigenvalue weighted by Crippen LogP contribution is 2.20. The van der Waals surface area contributed by atoms with Crippen LogP contribution in [0.5, 0.6) is 0 Å². The van der Waals surface area contributed by atoms with Crippen LogP contribution in [0.2, 0.25) is 0 Å². The predicted octanol–water partition coefficient (Wildman–Crippen LogP) is 3.13. The summed E-state index contributed by atoms with van der Waals surface area (Å²) in [7, 11) is 0. The maximum atomic E-state index is 11.1. The van der Waals surface area contributed by atoms with Crippen LogP contribution in [0.1, 0.15) is 17.2 Å². The van der Waals surface area contributed by atoms with Gasteiger partial charge in [0.15, 0.2) is 0 Å². The van der Waals surface area contributed by atoms with Crippen molar-refractivity contribution in [1.82, 2.24) is 0 Å². The smallest absolute Gasteiger partial charge is 0.337 e. The fourth-order valence-electron chi connectivity index (χ4n) is 1.23. The average Bonchev–Trinajstić information content (AvgIpc) is 2.48. The minimum Gasteiger partial charge on any atom is -0.478 e. The van der Waals surface area contributed by atoms with Crippen LogP contribution in [0.3, 0.4) is 0 Å². The van der Waals surface area contributed by atoms with E-state index in [-0.39, 0.29) is 16.9 Å². The molecule has 0 amide bonds. The van der Waals surface area contributed by atoms with Crippen LogP contribution in [0.15, 0.2) is 54.5 Å². The number of nitrogens with one attached hydrogen (secondary N) is 1. The largest absolute Gasteiger partial charge is 0.478 e. The SMILES string of the molecule is [2H]c1c([2H])c([2H])c(Nc2ccccc2C(=O)O)c([2H])c1[2H]. The normalized spacial score (nSPS) is 14.1. The number of aromatic carboxylic acids is 1. The number of hydrogen-bond acceptors (Lipinski definition) is 2. The van der Waals surface area contributed by atoms with Gasteiger partial charge in [0.1, 0.15) is 0 Å². The minimum atomic E-state index is -1.18. The first-order valence-corrected chi connectivity index (χ1v) is 4.51. The molecular weight excluding hydrogens is 202 g/mol. The Kier molecular flexibility index (Phi) is 1.60. The molecule has 0 atom stereocenters. The number of carbonyl (C=O) groups is 1. The summed E-state index contributed by atoms with van der Waals surface area (Å²) in [5.74, 6) is -1.18. The first kappa shape index (κ1) is 5.70. The van der Waals surface area contributed by atoms with E-state index in [1.807, 2.05) is 0 Å². The van der Waals surface area contributed by atoms with Crippen LogP contribution in [0.4, 0.5) is 11.4 Å². The van der Waals surface area contributed by atoms with Crippen LogP contribution >= 0.6 is 0 Å². The quantitative estimate of drug-likeness (QED) is 0.832. The monoisotopic (exact) mass is 218 g/mol. The molecule has 3 nitrogen and oxygen atoms in total. The number of para-hydroxylation sites is 2. The van der Waals surface area contributed by atoms with Crippen molar-refractivity contribution in [2.45, 2.75) is 0 Å². The number of anilines is 2. The zero-order valence-corrected chi connectivity index (χ0v) is 8.16. The van der Waals surface area contributed by atoms with E-state index in [0.717, 1.165) is 0 Å². The Hall–Kier alpha value is -2.29. The molecule has 2 aromatic carbocycles. The lowest BCUT2D eigenvalue weighted by Crippen LogP contribution is -2.01. The van der Waals surface area contributed by atoms with Crippen molar-refractivity contribution >= 4 is 17.3 Å². The average molecular weight is 218 g/mol. The molecule has 0 saturated heterocycles. The lowest BCUT2D eigenvalue weighted by Gasteiger charge is -2.08. The summed E-state index contributed by atoms with van der Waals surface area (Å²) in [5.41, 5.74) is -0.0532. The van der Waals surface area contributed by atoms with Gasteiger partial charge in [-0.25, -0.2) is 4.79 Å². The highest BCUT2D eigenvalue weighted by Gasteiger charge is 2.08. The molecule has 0 fully saturated rings. The molecule has 0 radical (unpaired) electrons. The maximum Gasteiger partial charge on any atom is 0.337 e. The summed E-state index contributed by atoms with van der Waals surface area (Å²) < 4.78 is 38.2. The molecule has 0 spiro atoms. The fraction of sp³-hybridized carbons (Fsp3) is 0. The Labute approximate surface area is 100 Å². The summed E-state index contributed by atoms with van der Waals surface area (Å²) in [6, 6.07) is 3.66. The van der Waals surface area contributed by atoms with Crippen molar-refractivity contribution in [2.75, 3.05) is 5.32 Å². The molecule has 2 N–H and O–H groups in total. The lowest BCUT2D eigenvalue weighted by molar-refractivity contribution is 0.0698. The third-order valence-corrected chi connectivity index (χ3v) is 1.92. The Morgan fingerprint density at radius 1 is 1.19 bits per heavy atom. The number of benzene rings is 2. The van der Waals surface area contributed by atoms with E-state index in [1.165, 1.54) is 18.2 Å². The lowest BCUT2D eigenvalue weighted by atomic mass is 10.1. The minimum absolute atomic E-state index is 0.0516. The second-order valence-electron chi connectivity index (χ2n) is 2.98. The van der Waals surface area contributed by atoms with E-state index in [9.17, 15) is 4.79 Å². The van der Waals surface area contributed by atoms with Gasteiger partial charge in [0, 0.05) is 5.69 Å². The Bertz CT molecular complexity index is 704. The Morgan fingerprint density at radius 2 is 1.88 bits per heavy atom. The summed E-state index contributed by atoms with van der Waals surface area (Å²) in [4.78, 5) is 11.1. The summed E-state index contributed by atoms with van der Waals surface area (Å²) >= 11 is 0. The number of hydrogen-bond donors (Lipinski definition) is 2. The van der Waals surface area contributed by atoms with Crippen LogP contribution in [-0.2, 0) is 0 Å². The van der Waals surface area contributed by atoms with Gasteiger partial charge in [-0.2, -0.15) is 0 Å². The van der Waals surface area contributed by atoms with E-state index in [4.69, 9.17) is 12.0 Å². The molecular formula is C13H11NO2. The van der Waals surface area contributed by atoms with Gasteiger partial charge in [-0.3, -0.25) is 0 Å². The van der Waals surface area contributed by atoms with Crippen LogP contribution in [0, 0.1) is 0 Å². The third kappa shape index (κ3) is 2.20. The van der Waals surface area contributed by atoms with Gasteiger partial charge in [-0.15, -0.1) is 0 Å². The maximum absolute atomic E-state index is 11.1. The van der Waals surface area contributed by atoms with Gasteiger partial charge in [0.05, 0.1) is 18.1 Å². The van der Waals surface area contributed by atoms with Crippen LogP contribution in [0.25, 0.3) is 0 Å². The van der Waals surface area contributed by atoms with Crippen molar-refractivity contribution in [3.8, 4) is 0 Å². The molecule has 2 aromatic rings. The van der Waals surface area contributed by atoms with Gasteiger partial charge in [0.2, 0.25) is 0 Å². The van der Waals surface area contributed by atoms with Gasteiger partial charge in [-0.1, -0.05) is 30.3 Å². The number of rotatable bonds is 3. The molecule has 3 heteroatoms. The topological polar surface area (TPSA) is 49.3 Å². The molecule has 0 aliphatic rings. The van der Waals surface area contributed by atoms with Gasteiger partial charge in [-0.05, 0) is 24.2 Å². The summed E-state index contributed by atoms with van der Waals surface area (Å²) in [5, 5.41) is 11.7. The summed E-state index contributed by atoms with van der Waals surface area (Å²) in [6.07, 6.45) is 0. The second-order valence-corrected chi connectivity index (χ2v) is 2.98. The zero-order chi connectivity index (χ0) is 15.7. The van der Waals surface area contributed by atoms with Gasteiger partial charge in [0.25, 0.3) is 0 Å². The van der Waals surface area contributed by atoms with Crippen molar-refractivity contribution < 1.29 is 16.8 Å². The molecule has 16 heavy (non-hydrogen) atoms. The van der Waals surface area contributed by atoms with Crippen molar-refractivity contribution in [3.05, 3.63) is 60.0 Å². The molecule has 0 saturated carbocycles. The second kappa shape index (κ2) is 4.49. The van der Waals surface area contributed by atoms with Crippen molar-refractivity contribution in [1.29, 1.82) is 0 Å². The molecule has 0 heterocycles. The van der Waals surface area contributed by atoms with E-state index < -0.39 is 36.2 Å². The van der Waals surface area contributed by atoms with Crippen LogP contribution < -0.4 is 5.32 Å². The van der Waals surface area contributed by atoms with Crippen LogP contribution in [-0.4, -0.2) is 11.1 Å². The van der Waals surface area contributed by atoms with Gasteiger partial charge < -0.3 is 10.4 Å². The number of carboxylic acid groups (broad SMARTS) is 1. The Balaban J connectivity index is 2.58. The first-order chi connectivity index (χ1) is 9.84. The molecule has 0 aliphatic heterocycles. The van der Waals surface area contributed by atoms with E-state index in [1.54, 1.807) is 6.07 Å². The van der Waals surface area contributed by atoms with E-state index in [2.05, 4.69) is 5.32 Å². The van der Waals surface area contributed by atoms with E-state index >= 15 is 0 Å².